The fraction of sp³-hybridized carbons (Fsp3) is 0.889. The van der Waals surface area contributed by atoms with Crippen LogP contribution in [0.1, 0.15) is 19.3 Å². The lowest BCUT2D eigenvalue weighted by atomic mass is 10.1. The molecule has 1 atom stereocenters. The maximum Gasteiger partial charge on any atom is 0.0933 e. The maximum atomic E-state index is 10.1. The van der Waals surface area contributed by atoms with Crippen molar-refractivity contribution in [3.8, 4) is 0 Å². The molecule has 13 heavy (non-hydrogen) atoms. The molecule has 1 unspecified atom stereocenters. The van der Waals surface area contributed by atoms with Gasteiger partial charge in [-0.05, 0) is 19.3 Å². The number of nitrogens with zero attached hydrogens (tertiary/aromatic N) is 1. The largest absolute Gasteiger partial charge is 0.547 e. The highest BCUT2D eigenvalue weighted by atomic mass is 16.4. The zero-order chi connectivity index (χ0) is 10.5. The summed E-state index contributed by atoms with van der Waals surface area (Å²) in [4.78, 5) is 10.1. The number of rotatable bonds is 6. The third kappa shape index (κ3) is 7.74. The number of aliphatic carboxylic acids is 1. The van der Waals surface area contributed by atoms with Crippen LogP contribution in [0.4, 0.5) is 0 Å². The molecule has 0 aliphatic heterocycles. The molecule has 0 saturated carbocycles. The zero-order valence-electron chi connectivity index (χ0n) is 8.62. The lowest BCUT2D eigenvalue weighted by Crippen LogP contribution is -2.37. The van der Waals surface area contributed by atoms with Crippen LogP contribution in [-0.4, -0.2) is 49.4 Å². The van der Waals surface area contributed by atoms with Crippen LogP contribution in [0.5, 0.6) is 0 Å². The van der Waals surface area contributed by atoms with Crippen LogP contribution in [0.15, 0.2) is 0 Å². The van der Waals surface area contributed by atoms with Crippen molar-refractivity contribution in [2.24, 2.45) is 0 Å². The molecule has 0 aromatic rings. The number of carboxylic acids is 1. The van der Waals surface area contributed by atoms with E-state index in [-0.39, 0.29) is 0 Å². The Kier molecular flexibility index (Phi) is 4.95. The minimum atomic E-state index is -1.37. The number of aliphatic hydroxyl groups excluding tert-OH is 1. The van der Waals surface area contributed by atoms with Gasteiger partial charge in [0.1, 0.15) is 0 Å². The monoisotopic (exact) mass is 189 g/mol. The Bertz CT molecular complexity index is 163. The summed E-state index contributed by atoms with van der Waals surface area (Å²) < 4.78 is 0.863. The first-order chi connectivity index (χ1) is 5.83. The summed E-state index contributed by atoms with van der Waals surface area (Å²) in [7, 11) is 6.24. The van der Waals surface area contributed by atoms with E-state index in [1.54, 1.807) is 0 Å². The molecule has 4 heteroatoms. The minimum absolute atomic E-state index is 0.294. The second-order valence-electron chi connectivity index (χ2n) is 4.34. The van der Waals surface area contributed by atoms with Crippen LogP contribution in [0.2, 0.25) is 0 Å². The molecule has 1 N–H and O–H groups in total. The first kappa shape index (κ1) is 12.4. The number of aliphatic hydroxyl groups is 1. The van der Waals surface area contributed by atoms with Gasteiger partial charge >= 0.3 is 0 Å². The number of carbonyl (C=O) groups excluding carboxylic acids is 1. The Balaban J connectivity index is 3.41. The molecule has 0 heterocycles. The van der Waals surface area contributed by atoms with Gasteiger partial charge in [-0.2, -0.15) is 0 Å². The lowest BCUT2D eigenvalue weighted by Gasteiger charge is -2.23. The van der Waals surface area contributed by atoms with Gasteiger partial charge in [0.2, 0.25) is 0 Å². The minimum Gasteiger partial charge on any atom is -0.547 e. The molecule has 78 valence electrons. The summed E-state index contributed by atoms with van der Waals surface area (Å²) in [6, 6.07) is 0. The highest BCUT2D eigenvalue weighted by molar-refractivity contribution is 5.69. The van der Waals surface area contributed by atoms with Crippen LogP contribution in [0.3, 0.4) is 0 Å². The van der Waals surface area contributed by atoms with Gasteiger partial charge in [-0.15, -0.1) is 0 Å². The zero-order valence-corrected chi connectivity index (χ0v) is 8.62. The van der Waals surface area contributed by atoms with Crippen LogP contribution in [0, 0.1) is 0 Å². The van der Waals surface area contributed by atoms with E-state index in [1.807, 2.05) is 0 Å². The van der Waals surface area contributed by atoms with Crippen molar-refractivity contribution >= 4 is 5.97 Å². The smallest absolute Gasteiger partial charge is 0.0933 e. The molecule has 0 aliphatic rings. The Labute approximate surface area is 79.4 Å². The topological polar surface area (TPSA) is 60.4 Å². The standard InChI is InChI=1S/C9H19NO3/c1-10(2,3)7-5-4-6-8(11)9(12)13/h8,11H,4-7H2,1-3H3. The van der Waals surface area contributed by atoms with Crippen LogP contribution < -0.4 is 5.11 Å². The first-order valence-electron chi connectivity index (χ1n) is 4.52. The molecule has 0 aromatic carbocycles. The van der Waals surface area contributed by atoms with Crippen molar-refractivity contribution < 1.29 is 19.5 Å². The molecule has 0 bridgehead atoms. The highest BCUT2D eigenvalue weighted by Crippen LogP contribution is 2.03. The van der Waals surface area contributed by atoms with Gasteiger partial charge in [-0.1, -0.05) is 0 Å². The van der Waals surface area contributed by atoms with Crippen molar-refractivity contribution in [1.82, 2.24) is 0 Å². The molecule has 0 amide bonds. The van der Waals surface area contributed by atoms with Crippen molar-refractivity contribution in [2.45, 2.75) is 25.4 Å². The van der Waals surface area contributed by atoms with Gasteiger partial charge in [0, 0.05) is 0 Å². The average molecular weight is 189 g/mol. The second kappa shape index (κ2) is 5.19. The molecule has 0 aliphatic carbocycles. The molecular formula is C9H19NO3. The quantitative estimate of drug-likeness (QED) is 0.429. The maximum absolute atomic E-state index is 10.1. The van der Waals surface area contributed by atoms with Gasteiger partial charge in [0.05, 0.1) is 39.8 Å². The third-order valence-corrected chi connectivity index (χ3v) is 1.83. The van der Waals surface area contributed by atoms with Crippen molar-refractivity contribution in [3.05, 3.63) is 0 Å². The summed E-state index contributed by atoms with van der Waals surface area (Å²) in [5, 5.41) is 19.0. The van der Waals surface area contributed by atoms with Gasteiger partial charge in [-0.3, -0.25) is 0 Å². The van der Waals surface area contributed by atoms with E-state index in [2.05, 4.69) is 21.1 Å². The van der Waals surface area contributed by atoms with Gasteiger partial charge < -0.3 is 19.5 Å². The molecule has 0 rings (SSSR count). The summed E-state index contributed by atoms with van der Waals surface area (Å²) >= 11 is 0. The fourth-order valence-corrected chi connectivity index (χ4v) is 1.04. The Morgan fingerprint density at radius 1 is 1.38 bits per heavy atom. The number of hydrogen-bond donors (Lipinski definition) is 1. The molecule has 0 fully saturated rings. The van der Waals surface area contributed by atoms with Gasteiger partial charge in [0.15, 0.2) is 0 Å². The van der Waals surface area contributed by atoms with Crippen LogP contribution in [-0.2, 0) is 4.79 Å². The molecule has 4 nitrogen and oxygen atoms in total. The van der Waals surface area contributed by atoms with E-state index in [0.717, 1.165) is 23.9 Å². The third-order valence-electron chi connectivity index (χ3n) is 1.83. The molecule has 0 spiro atoms. The second-order valence-corrected chi connectivity index (χ2v) is 4.34. The number of carbonyl (C=O) groups is 1. The number of quaternary nitrogens is 1. The summed E-state index contributed by atoms with van der Waals surface area (Å²) in [5.74, 6) is -1.37. The van der Waals surface area contributed by atoms with E-state index in [1.165, 1.54) is 0 Å². The van der Waals surface area contributed by atoms with E-state index in [9.17, 15) is 9.90 Å². The molecule has 0 aromatic heterocycles. The van der Waals surface area contributed by atoms with E-state index >= 15 is 0 Å². The number of carboxylic acid groups (broad SMARTS) is 1. The van der Waals surface area contributed by atoms with E-state index in [0.29, 0.717) is 6.42 Å². The molecule has 0 saturated heterocycles. The predicted molar refractivity (Wildman–Crippen MR) is 47.8 cm³/mol. The summed E-state index contributed by atoms with van der Waals surface area (Å²) in [5.41, 5.74) is 0. The lowest BCUT2D eigenvalue weighted by molar-refractivity contribution is -0.870. The Morgan fingerprint density at radius 2 is 1.92 bits per heavy atom. The van der Waals surface area contributed by atoms with Crippen molar-refractivity contribution in [1.29, 1.82) is 0 Å². The van der Waals surface area contributed by atoms with E-state index in [4.69, 9.17) is 5.11 Å². The highest BCUT2D eigenvalue weighted by Gasteiger charge is 2.08. The fourth-order valence-electron chi connectivity index (χ4n) is 1.04. The van der Waals surface area contributed by atoms with E-state index < -0.39 is 12.1 Å². The first-order valence-corrected chi connectivity index (χ1v) is 4.52. The number of unbranched alkanes of at least 4 members (excludes halogenated alkanes) is 1. The normalized spacial score (nSPS) is 14.2. The summed E-state index contributed by atoms with van der Waals surface area (Å²) in [6.07, 6.45) is 0.647. The number of hydrogen-bond acceptors (Lipinski definition) is 3. The summed E-state index contributed by atoms with van der Waals surface area (Å²) in [6.45, 7) is 0.986. The van der Waals surface area contributed by atoms with Crippen LogP contribution >= 0.6 is 0 Å². The van der Waals surface area contributed by atoms with Crippen molar-refractivity contribution in [2.75, 3.05) is 27.7 Å². The van der Waals surface area contributed by atoms with Crippen molar-refractivity contribution in [3.63, 3.8) is 0 Å². The average Bonchev–Trinajstić information content (AvgIpc) is 1.95. The SMILES string of the molecule is C[N+](C)(C)CCCCC(O)C(=O)[O-]. The molecule has 0 radical (unpaired) electrons. The Morgan fingerprint density at radius 3 is 2.31 bits per heavy atom. The Hall–Kier alpha value is -0.610. The van der Waals surface area contributed by atoms with Gasteiger partial charge in [-0.25, -0.2) is 0 Å². The predicted octanol–water partition coefficient (Wildman–Crippen LogP) is -1.03. The van der Waals surface area contributed by atoms with Crippen LogP contribution in [0.25, 0.3) is 0 Å². The van der Waals surface area contributed by atoms with Gasteiger partial charge in [0.25, 0.3) is 0 Å². The molecular weight excluding hydrogens is 170 g/mol.